The third kappa shape index (κ3) is 4.93. The number of hydrogen-bond acceptors (Lipinski definition) is 3. The number of nitrogens with zero attached hydrogens (tertiary/aromatic N) is 3. The summed E-state index contributed by atoms with van der Waals surface area (Å²) in [6.07, 6.45) is 3.48. The van der Waals surface area contributed by atoms with E-state index in [2.05, 4.69) is 58.1 Å². The van der Waals surface area contributed by atoms with Crippen molar-refractivity contribution in [3.05, 3.63) is 46.5 Å². The van der Waals surface area contributed by atoms with Gasteiger partial charge in [0.2, 0.25) is 0 Å². The van der Waals surface area contributed by atoms with Crippen molar-refractivity contribution in [2.75, 3.05) is 6.54 Å². The zero-order chi connectivity index (χ0) is 15.2. The molecule has 1 unspecified atom stereocenters. The molecule has 2 N–H and O–H groups in total. The molecule has 114 valence electrons. The molecule has 0 radical (unpaired) electrons. The molecule has 0 saturated heterocycles. The Morgan fingerprint density at radius 3 is 2.76 bits per heavy atom. The number of halogens is 1. The average molecular weight is 351 g/mol. The van der Waals surface area contributed by atoms with Crippen molar-refractivity contribution in [2.24, 2.45) is 17.6 Å². The second-order valence-electron chi connectivity index (χ2n) is 5.89. The molecule has 0 spiro atoms. The Morgan fingerprint density at radius 1 is 1.29 bits per heavy atom. The van der Waals surface area contributed by atoms with Crippen molar-refractivity contribution in [3.63, 3.8) is 0 Å². The van der Waals surface area contributed by atoms with E-state index >= 15 is 0 Å². The van der Waals surface area contributed by atoms with Gasteiger partial charge in [-0.15, -0.1) is 0 Å². The zero-order valence-electron chi connectivity index (χ0n) is 12.7. The molecule has 5 heteroatoms. The minimum atomic E-state index is 0.384. The van der Waals surface area contributed by atoms with Crippen molar-refractivity contribution >= 4 is 15.9 Å². The van der Waals surface area contributed by atoms with E-state index in [1.807, 2.05) is 10.7 Å². The first-order chi connectivity index (χ1) is 10.1. The van der Waals surface area contributed by atoms with Gasteiger partial charge in [-0.2, -0.15) is 5.10 Å². The quantitative estimate of drug-likeness (QED) is 0.834. The highest BCUT2D eigenvalue weighted by atomic mass is 79.9. The Labute approximate surface area is 134 Å². The first-order valence-corrected chi connectivity index (χ1v) is 8.19. The van der Waals surface area contributed by atoms with Gasteiger partial charge in [-0.1, -0.05) is 41.9 Å². The summed E-state index contributed by atoms with van der Waals surface area (Å²) in [6.45, 7) is 5.94. The molecular weight excluding hydrogens is 328 g/mol. The molecule has 1 aromatic heterocycles. The highest BCUT2D eigenvalue weighted by Gasteiger charge is 2.14. The highest BCUT2D eigenvalue weighted by molar-refractivity contribution is 9.10. The van der Waals surface area contributed by atoms with Gasteiger partial charge < -0.3 is 5.73 Å². The molecule has 1 atom stereocenters. The summed E-state index contributed by atoms with van der Waals surface area (Å²) in [4.78, 5) is 4.40. The monoisotopic (exact) mass is 350 g/mol. The van der Waals surface area contributed by atoms with Gasteiger partial charge in [-0.25, -0.2) is 9.67 Å². The van der Waals surface area contributed by atoms with Crippen LogP contribution < -0.4 is 5.73 Å². The fourth-order valence-electron chi connectivity index (χ4n) is 2.44. The van der Waals surface area contributed by atoms with Gasteiger partial charge in [0, 0.05) is 17.4 Å². The largest absolute Gasteiger partial charge is 0.330 e. The number of rotatable bonds is 7. The van der Waals surface area contributed by atoms with Crippen LogP contribution in [0.2, 0.25) is 0 Å². The summed E-state index contributed by atoms with van der Waals surface area (Å²) in [5, 5.41) is 4.32. The molecule has 2 aromatic rings. The molecule has 0 aliphatic heterocycles. The lowest BCUT2D eigenvalue weighted by Crippen LogP contribution is -2.22. The predicted octanol–water partition coefficient (Wildman–Crippen LogP) is 3.06. The molecule has 1 heterocycles. The number of nitrogens with two attached hydrogens (primary N) is 1. The van der Waals surface area contributed by atoms with Gasteiger partial charge in [0.05, 0.1) is 0 Å². The van der Waals surface area contributed by atoms with Crippen LogP contribution in [0.25, 0.3) is 0 Å². The van der Waals surface area contributed by atoms with Crippen LogP contribution in [-0.2, 0) is 19.4 Å². The van der Waals surface area contributed by atoms with E-state index in [1.54, 1.807) is 6.33 Å². The first-order valence-electron chi connectivity index (χ1n) is 7.39. The van der Waals surface area contributed by atoms with E-state index in [4.69, 9.17) is 5.73 Å². The minimum Gasteiger partial charge on any atom is -0.330 e. The Hall–Kier alpha value is -1.20. The van der Waals surface area contributed by atoms with Crippen molar-refractivity contribution in [1.82, 2.24) is 14.8 Å². The van der Waals surface area contributed by atoms with Crippen molar-refractivity contribution in [2.45, 2.75) is 33.2 Å². The smallest absolute Gasteiger partial charge is 0.138 e. The standard InChI is InChI=1S/C16H23BrN4/c1-12(2)10-21-16(19-11-20-21)8-14(9-18)6-13-4-3-5-15(17)7-13/h3-5,7,11-12,14H,6,8-10,18H2,1-2H3. The molecular formula is C16H23BrN4. The molecule has 0 aliphatic carbocycles. The Kier molecular flexibility index (Phi) is 5.94. The van der Waals surface area contributed by atoms with Crippen molar-refractivity contribution in [3.8, 4) is 0 Å². The molecule has 2 rings (SSSR count). The molecule has 4 nitrogen and oxygen atoms in total. The van der Waals surface area contributed by atoms with E-state index in [-0.39, 0.29) is 0 Å². The van der Waals surface area contributed by atoms with Crippen LogP contribution in [0.5, 0.6) is 0 Å². The molecule has 0 fully saturated rings. The number of hydrogen-bond donors (Lipinski definition) is 1. The third-order valence-corrected chi connectivity index (χ3v) is 3.95. The normalized spacial score (nSPS) is 12.8. The van der Waals surface area contributed by atoms with E-state index in [1.165, 1.54) is 5.56 Å². The van der Waals surface area contributed by atoms with Crippen LogP contribution in [0.15, 0.2) is 35.1 Å². The fraction of sp³-hybridized carbons (Fsp3) is 0.500. The molecule has 21 heavy (non-hydrogen) atoms. The lowest BCUT2D eigenvalue weighted by atomic mass is 9.96. The molecule has 0 aliphatic rings. The second kappa shape index (κ2) is 7.71. The second-order valence-corrected chi connectivity index (χ2v) is 6.81. The van der Waals surface area contributed by atoms with E-state index < -0.39 is 0 Å². The Bertz CT molecular complexity index is 565. The van der Waals surface area contributed by atoms with Crippen molar-refractivity contribution < 1.29 is 0 Å². The Balaban J connectivity index is 2.04. The van der Waals surface area contributed by atoms with Gasteiger partial charge in [0.1, 0.15) is 12.2 Å². The van der Waals surface area contributed by atoms with Crippen LogP contribution in [0.4, 0.5) is 0 Å². The lowest BCUT2D eigenvalue weighted by Gasteiger charge is -2.16. The van der Waals surface area contributed by atoms with Gasteiger partial charge in [-0.05, 0) is 42.5 Å². The summed E-state index contributed by atoms with van der Waals surface area (Å²) in [7, 11) is 0. The summed E-state index contributed by atoms with van der Waals surface area (Å²) in [6, 6.07) is 8.41. The predicted molar refractivity (Wildman–Crippen MR) is 89.0 cm³/mol. The first kappa shape index (κ1) is 16.2. The topological polar surface area (TPSA) is 56.7 Å². The van der Waals surface area contributed by atoms with Crippen LogP contribution in [0, 0.1) is 11.8 Å². The third-order valence-electron chi connectivity index (χ3n) is 3.45. The van der Waals surface area contributed by atoms with E-state index in [0.29, 0.717) is 18.4 Å². The number of aromatic nitrogens is 3. The maximum absolute atomic E-state index is 5.96. The van der Waals surface area contributed by atoms with Crippen molar-refractivity contribution in [1.29, 1.82) is 0 Å². The summed E-state index contributed by atoms with van der Waals surface area (Å²) in [5.74, 6) is 1.98. The van der Waals surface area contributed by atoms with Crippen LogP contribution in [0.3, 0.4) is 0 Å². The summed E-state index contributed by atoms with van der Waals surface area (Å²) in [5.41, 5.74) is 7.26. The lowest BCUT2D eigenvalue weighted by molar-refractivity contribution is 0.439. The van der Waals surface area contributed by atoms with Gasteiger partial charge >= 0.3 is 0 Å². The molecule has 0 bridgehead atoms. The minimum absolute atomic E-state index is 0.384. The van der Waals surface area contributed by atoms with Crippen LogP contribution in [-0.4, -0.2) is 21.3 Å². The van der Waals surface area contributed by atoms with Gasteiger partial charge in [0.15, 0.2) is 0 Å². The molecule has 1 aromatic carbocycles. The maximum Gasteiger partial charge on any atom is 0.138 e. The summed E-state index contributed by atoms with van der Waals surface area (Å²) >= 11 is 3.52. The maximum atomic E-state index is 5.96. The van der Waals surface area contributed by atoms with Gasteiger partial charge in [-0.3, -0.25) is 0 Å². The van der Waals surface area contributed by atoms with Crippen LogP contribution in [0.1, 0.15) is 25.2 Å². The molecule has 0 amide bonds. The fourth-order valence-corrected chi connectivity index (χ4v) is 2.89. The SMILES string of the molecule is CC(C)Cn1ncnc1CC(CN)Cc1cccc(Br)c1. The zero-order valence-corrected chi connectivity index (χ0v) is 14.3. The summed E-state index contributed by atoms with van der Waals surface area (Å²) < 4.78 is 3.12. The average Bonchev–Trinajstić information content (AvgIpc) is 2.84. The van der Waals surface area contributed by atoms with E-state index in [9.17, 15) is 0 Å². The van der Waals surface area contributed by atoms with Gasteiger partial charge in [0.25, 0.3) is 0 Å². The Morgan fingerprint density at radius 2 is 2.10 bits per heavy atom. The van der Waals surface area contributed by atoms with E-state index in [0.717, 1.165) is 29.7 Å². The highest BCUT2D eigenvalue weighted by Crippen LogP contribution is 2.17. The number of benzene rings is 1. The van der Waals surface area contributed by atoms with Crippen LogP contribution >= 0.6 is 15.9 Å². The molecule has 0 saturated carbocycles.